The third-order valence-electron chi connectivity index (χ3n) is 3.69. The summed E-state index contributed by atoms with van der Waals surface area (Å²) in [4.78, 5) is 36.7. The van der Waals surface area contributed by atoms with E-state index in [-0.39, 0.29) is 35.4 Å². The van der Waals surface area contributed by atoms with E-state index in [2.05, 4.69) is 5.32 Å². The Morgan fingerprint density at radius 1 is 1.32 bits per heavy atom. The molecule has 1 aliphatic heterocycles. The normalized spacial score (nSPS) is 14.8. The average Bonchev–Trinajstić information content (AvgIpc) is 2.84. The van der Waals surface area contributed by atoms with E-state index in [1.165, 1.54) is 4.90 Å². The molecule has 1 N–H and O–H groups in total. The first-order valence-electron chi connectivity index (χ1n) is 7.42. The second-order valence-electron chi connectivity index (χ2n) is 5.22. The maximum absolute atomic E-state index is 12.2. The molecule has 1 aromatic rings. The van der Waals surface area contributed by atoms with Gasteiger partial charge in [-0.3, -0.25) is 19.3 Å². The molecule has 1 fully saturated rings. The first-order valence-corrected chi connectivity index (χ1v) is 8.40. The van der Waals surface area contributed by atoms with Crippen molar-refractivity contribution in [3.63, 3.8) is 0 Å². The molecule has 2 rings (SSSR count). The fraction of sp³-hybridized carbons (Fsp3) is 0.438. The van der Waals surface area contributed by atoms with Crippen LogP contribution < -0.4 is 5.32 Å². The highest BCUT2D eigenvalue weighted by Crippen LogP contribution is 2.21. The highest BCUT2D eigenvalue weighted by molar-refractivity contribution is 8.14. The van der Waals surface area contributed by atoms with E-state index >= 15 is 0 Å². The number of benzene rings is 1. The Labute approximate surface area is 134 Å². The van der Waals surface area contributed by atoms with E-state index in [9.17, 15) is 14.4 Å². The minimum atomic E-state index is -0.225. The van der Waals surface area contributed by atoms with Crippen LogP contribution in [0.4, 0.5) is 4.79 Å². The van der Waals surface area contributed by atoms with E-state index in [1.54, 1.807) is 18.2 Å². The molecule has 1 aromatic carbocycles. The number of imide groups is 1. The lowest BCUT2D eigenvalue weighted by Gasteiger charge is -2.16. The van der Waals surface area contributed by atoms with Gasteiger partial charge in [-0.05, 0) is 30.5 Å². The Morgan fingerprint density at radius 2 is 2.05 bits per heavy atom. The monoisotopic (exact) mass is 320 g/mol. The van der Waals surface area contributed by atoms with Crippen LogP contribution in [-0.2, 0) is 11.3 Å². The van der Waals surface area contributed by atoms with Crippen LogP contribution in [0.3, 0.4) is 0 Å². The van der Waals surface area contributed by atoms with Gasteiger partial charge in [0.1, 0.15) is 0 Å². The quantitative estimate of drug-likeness (QED) is 0.875. The molecule has 0 atom stereocenters. The van der Waals surface area contributed by atoms with Crippen molar-refractivity contribution < 1.29 is 14.4 Å². The SMILES string of the molecule is CCC(CC)NC(=O)c1cccc(CN2C(=O)CSC2=O)c1. The number of nitrogens with one attached hydrogen (secondary N) is 1. The highest BCUT2D eigenvalue weighted by atomic mass is 32.2. The lowest BCUT2D eigenvalue weighted by molar-refractivity contribution is -0.125. The van der Waals surface area contributed by atoms with E-state index in [0.717, 1.165) is 30.2 Å². The van der Waals surface area contributed by atoms with Crippen molar-refractivity contribution in [1.29, 1.82) is 0 Å². The van der Waals surface area contributed by atoms with Gasteiger partial charge in [-0.25, -0.2) is 0 Å². The average molecular weight is 320 g/mol. The first-order chi connectivity index (χ1) is 10.5. The second-order valence-corrected chi connectivity index (χ2v) is 6.15. The van der Waals surface area contributed by atoms with E-state index in [4.69, 9.17) is 0 Å². The third-order valence-corrected chi connectivity index (χ3v) is 4.55. The first kappa shape index (κ1) is 16.5. The number of nitrogens with zero attached hydrogens (tertiary/aromatic N) is 1. The van der Waals surface area contributed by atoms with E-state index in [1.807, 2.05) is 19.9 Å². The van der Waals surface area contributed by atoms with Crippen LogP contribution in [0.15, 0.2) is 24.3 Å². The van der Waals surface area contributed by atoms with Crippen molar-refractivity contribution in [2.24, 2.45) is 0 Å². The van der Waals surface area contributed by atoms with E-state index in [0.29, 0.717) is 5.56 Å². The maximum Gasteiger partial charge on any atom is 0.289 e. The zero-order valence-electron chi connectivity index (χ0n) is 12.8. The number of thioether (sulfide) groups is 1. The molecular formula is C16H20N2O3S. The Bertz CT molecular complexity index is 569. The lowest BCUT2D eigenvalue weighted by atomic mass is 10.1. The smallest absolute Gasteiger partial charge is 0.289 e. The molecule has 1 heterocycles. The van der Waals surface area contributed by atoms with Crippen molar-refractivity contribution in [2.75, 3.05) is 5.75 Å². The summed E-state index contributed by atoms with van der Waals surface area (Å²) in [6, 6.07) is 7.23. The van der Waals surface area contributed by atoms with E-state index < -0.39 is 0 Å². The predicted octanol–water partition coefficient (Wildman–Crippen LogP) is 2.80. The van der Waals surface area contributed by atoms with Crippen LogP contribution in [0, 0.1) is 0 Å². The summed E-state index contributed by atoms with van der Waals surface area (Å²) in [6.45, 7) is 4.29. The Balaban J connectivity index is 2.08. The minimum absolute atomic E-state index is 0.121. The summed E-state index contributed by atoms with van der Waals surface area (Å²) in [5.41, 5.74) is 1.33. The van der Waals surface area contributed by atoms with Gasteiger partial charge in [-0.1, -0.05) is 37.7 Å². The molecule has 6 heteroatoms. The molecule has 0 saturated carbocycles. The lowest BCUT2D eigenvalue weighted by Crippen LogP contribution is -2.34. The standard InChI is InChI=1S/C16H20N2O3S/c1-3-13(4-2)17-15(20)12-7-5-6-11(8-12)9-18-14(19)10-22-16(18)21/h5-8,13H,3-4,9-10H2,1-2H3,(H,17,20). The Hall–Kier alpha value is -1.82. The Kier molecular flexibility index (Phi) is 5.60. The van der Waals surface area contributed by atoms with Gasteiger partial charge in [-0.15, -0.1) is 0 Å². The molecular weight excluding hydrogens is 300 g/mol. The zero-order valence-corrected chi connectivity index (χ0v) is 13.6. The summed E-state index contributed by atoms with van der Waals surface area (Å²) in [5, 5.41) is 2.76. The van der Waals surface area contributed by atoms with Crippen molar-refractivity contribution in [3.8, 4) is 0 Å². The van der Waals surface area contributed by atoms with Gasteiger partial charge < -0.3 is 5.32 Å². The number of carbonyl (C=O) groups is 3. The molecule has 1 aliphatic rings. The van der Waals surface area contributed by atoms with Crippen LogP contribution in [0.25, 0.3) is 0 Å². The molecule has 3 amide bonds. The van der Waals surface area contributed by atoms with Gasteiger partial charge in [-0.2, -0.15) is 0 Å². The molecule has 5 nitrogen and oxygen atoms in total. The molecule has 118 valence electrons. The van der Waals surface area contributed by atoms with Crippen LogP contribution >= 0.6 is 11.8 Å². The van der Waals surface area contributed by atoms with Gasteiger partial charge in [0.05, 0.1) is 12.3 Å². The van der Waals surface area contributed by atoms with Gasteiger partial charge >= 0.3 is 0 Å². The van der Waals surface area contributed by atoms with Gasteiger partial charge in [0, 0.05) is 11.6 Å². The highest BCUT2D eigenvalue weighted by Gasteiger charge is 2.29. The number of hydrogen-bond donors (Lipinski definition) is 1. The minimum Gasteiger partial charge on any atom is -0.349 e. The second kappa shape index (κ2) is 7.45. The third kappa shape index (κ3) is 3.88. The molecule has 0 aliphatic carbocycles. The molecule has 0 spiro atoms. The van der Waals surface area contributed by atoms with Crippen molar-refractivity contribution >= 4 is 28.8 Å². The number of rotatable bonds is 6. The van der Waals surface area contributed by atoms with Crippen LogP contribution in [-0.4, -0.2) is 33.7 Å². The van der Waals surface area contributed by atoms with Crippen molar-refractivity contribution in [2.45, 2.75) is 39.3 Å². The topological polar surface area (TPSA) is 66.5 Å². The molecule has 0 aromatic heterocycles. The Morgan fingerprint density at radius 3 is 2.64 bits per heavy atom. The summed E-state index contributed by atoms with van der Waals surface area (Å²) in [5.74, 6) is -0.0980. The maximum atomic E-state index is 12.2. The van der Waals surface area contributed by atoms with Gasteiger partial charge in [0.15, 0.2) is 0 Å². The summed E-state index contributed by atoms with van der Waals surface area (Å²) < 4.78 is 0. The number of hydrogen-bond acceptors (Lipinski definition) is 4. The van der Waals surface area contributed by atoms with Crippen molar-refractivity contribution in [3.05, 3.63) is 35.4 Å². The van der Waals surface area contributed by atoms with Crippen molar-refractivity contribution in [1.82, 2.24) is 10.2 Å². The summed E-state index contributed by atoms with van der Waals surface area (Å²) in [7, 11) is 0. The molecule has 1 saturated heterocycles. The summed E-state index contributed by atoms with van der Waals surface area (Å²) in [6.07, 6.45) is 1.77. The zero-order chi connectivity index (χ0) is 16.1. The molecule has 22 heavy (non-hydrogen) atoms. The largest absolute Gasteiger partial charge is 0.349 e. The number of amides is 3. The van der Waals surface area contributed by atoms with Crippen LogP contribution in [0.1, 0.15) is 42.6 Å². The molecule has 0 radical (unpaired) electrons. The predicted molar refractivity (Wildman–Crippen MR) is 86.7 cm³/mol. The van der Waals surface area contributed by atoms with Crippen LogP contribution in [0.5, 0.6) is 0 Å². The van der Waals surface area contributed by atoms with Gasteiger partial charge in [0.25, 0.3) is 11.1 Å². The summed E-state index contributed by atoms with van der Waals surface area (Å²) >= 11 is 1.02. The fourth-order valence-corrected chi connectivity index (χ4v) is 3.01. The molecule has 0 unspecified atom stereocenters. The fourth-order valence-electron chi connectivity index (χ4n) is 2.29. The molecule has 0 bridgehead atoms. The number of carbonyl (C=O) groups excluding carboxylic acids is 3. The van der Waals surface area contributed by atoms with Gasteiger partial charge in [0.2, 0.25) is 5.91 Å². The van der Waals surface area contributed by atoms with Crippen LogP contribution in [0.2, 0.25) is 0 Å².